The van der Waals surface area contributed by atoms with E-state index in [0.29, 0.717) is 5.69 Å². The molecule has 1 aromatic rings. The van der Waals surface area contributed by atoms with Crippen LogP contribution in [0.25, 0.3) is 0 Å². The van der Waals surface area contributed by atoms with Gasteiger partial charge in [0.15, 0.2) is 0 Å². The lowest BCUT2D eigenvalue weighted by atomic mass is 10.3. The van der Waals surface area contributed by atoms with E-state index >= 15 is 0 Å². The summed E-state index contributed by atoms with van der Waals surface area (Å²) in [4.78, 5) is 23.0. The maximum atomic E-state index is 12.9. The first kappa shape index (κ1) is 17.7. The first-order chi connectivity index (χ1) is 9.93. The van der Waals surface area contributed by atoms with Crippen LogP contribution < -0.4 is 11.1 Å². The average molecular weight is 335 g/mol. The standard InChI is InChI=1S/C13H16ClFN2O3S/c1-2-20-13(19)10(16)6-21-7-12(18)17-11-4-3-8(15)5-9(11)14/h3-5,10H,2,6-7,16H2,1H3,(H,17,18). The van der Waals surface area contributed by atoms with Crippen LogP contribution in [0.5, 0.6) is 0 Å². The van der Waals surface area contributed by atoms with Gasteiger partial charge in [-0.05, 0) is 25.1 Å². The van der Waals surface area contributed by atoms with Gasteiger partial charge in [0.2, 0.25) is 5.91 Å². The summed E-state index contributed by atoms with van der Waals surface area (Å²) >= 11 is 6.99. The number of hydrogen-bond acceptors (Lipinski definition) is 5. The lowest BCUT2D eigenvalue weighted by molar-refractivity contribution is -0.144. The molecular weight excluding hydrogens is 319 g/mol. The zero-order chi connectivity index (χ0) is 15.8. The molecule has 0 aliphatic carbocycles. The number of rotatable bonds is 7. The second kappa shape index (κ2) is 8.86. The monoisotopic (exact) mass is 334 g/mol. The van der Waals surface area contributed by atoms with E-state index in [0.717, 1.165) is 6.07 Å². The molecule has 1 atom stereocenters. The van der Waals surface area contributed by atoms with Gasteiger partial charge in [0.05, 0.1) is 23.1 Å². The molecule has 0 saturated carbocycles. The number of nitrogens with one attached hydrogen (secondary N) is 1. The summed E-state index contributed by atoms with van der Waals surface area (Å²) in [6.45, 7) is 1.96. The molecule has 0 bridgehead atoms. The Morgan fingerprint density at radius 2 is 2.24 bits per heavy atom. The highest BCUT2D eigenvalue weighted by Gasteiger charge is 2.15. The molecule has 0 aliphatic rings. The summed E-state index contributed by atoms with van der Waals surface area (Å²) in [6.07, 6.45) is 0. The summed E-state index contributed by atoms with van der Waals surface area (Å²) in [5.41, 5.74) is 5.92. The summed E-state index contributed by atoms with van der Waals surface area (Å²) in [5.74, 6) is -0.922. The maximum Gasteiger partial charge on any atom is 0.323 e. The normalized spacial score (nSPS) is 11.8. The van der Waals surface area contributed by atoms with Crippen molar-refractivity contribution in [1.29, 1.82) is 0 Å². The molecule has 21 heavy (non-hydrogen) atoms. The van der Waals surface area contributed by atoms with Gasteiger partial charge in [0.25, 0.3) is 0 Å². The predicted octanol–water partition coefficient (Wildman–Crippen LogP) is 2.04. The third-order valence-corrected chi connectivity index (χ3v) is 3.70. The second-order valence-electron chi connectivity index (χ2n) is 4.05. The van der Waals surface area contributed by atoms with E-state index in [9.17, 15) is 14.0 Å². The molecule has 0 saturated heterocycles. The Bertz CT molecular complexity index is 516. The lowest BCUT2D eigenvalue weighted by Crippen LogP contribution is -2.35. The zero-order valence-corrected chi connectivity index (χ0v) is 13.0. The number of carbonyl (C=O) groups is 2. The van der Waals surface area contributed by atoms with Crippen LogP contribution in [0.1, 0.15) is 6.92 Å². The SMILES string of the molecule is CCOC(=O)C(N)CSCC(=O)Nc1ccc(F)cc1Cl. The Hall–Kier alpha value is -1.31. The van der Waals surface area contributed by atoms with Crippen LogP contribution in [-0.4, -0.2) is 36.0 Å². The number of ether oxygens (including phenoxy) is 1. The Kier molecular flexibility index (Phi) is 7.49. The van der Waals surface area contributed by atoms with E-state index in [2.05, 4.69) is 5.32 Å². The molecule has 116 valence electrons. The number of esters is 1. The van der Waals surface area contributed by atoms with Crippen LogP contribution in [0.2, 0.25) is 5.02 Å². The van der Waals surface area contributed by atoms with Gasteiger partial charge in [0.1, 0.15) is 11.9 Å². The van der Waals surface area contributed by atoms with Crippen molar-refractivity contribution in [1.82, 2.24) is 0 Å². The van der Waals surface area contributed by atoms with Crippen LogP contribution >= 0.6 is 23.4 Å². The minimum absolute atomic E-state index is 0.0980. The van der Waals surface area contributed by atoms with Gasteiger partial charge in [-0.1, -0.05) is 11.6 Å². The van der Waals surface area contributed by atoms with E-state index in [1.807, 2.05) is 0 Å². The molecule has 0 fully saturated rings. The molecule has 1 unspecified atom stereocenters. The smallest absolute Gasteiger partial charge is 0.323 e. The molecule has 3 N–H and O–H groups in total. The van der Waals surface area contributed by atoms with E-state index in [4.69, 9.17) is 22.1 Å². The highest BCUT2D eigenvalue weighted by molar-refractivity contribution is 8.00. The van der Waals surface area contributed by atoms with Crippen LogP contribution in [0, 0.1) is 5.82 Å². The molecular formula is C13H16ClFN2O3S. The third kappa shape index (κ3) is 6.33. The van der Waals surface area contributed by atoms with Gasteiger partial charge >= 0.3 is 5.97 Å². The molecule has 0 radical (unpaired) electrons. The summed E-state index contributed by atoms with van der Waals surface area (Å²) in [6, 6.07) is 2.92. The number of thioether (sulfide) groups is 1. The fourth-order valence-corrected chi connectivity index (χ4v) is 2.35. The average Bonchev–Trinajstić information content (AvgIpc) is 2.42. The molecule has 0 aromatic heterocycles. The van der Waals surface area contributed by atoms with Crippen LogP contribution in [-0.2, 0) is 14.3 Å². The van der Waals surface area contributed by atoms with E-state index in [-0.39, 0.29) is 29.0 Å². The molecule has 1 aromatic carbocycles. The molecule has 0 heterocycles. The van der Waals surface area contributed by atoms with Gasteiger partial charge in [-0.2, -0.15) is 0 Å². The number of hydrogen-bond donors (Lipinski definition) is 2. The number of carbonyl (C=O) groups excluding carboxylic acids is 2. The van der Waals surface area contributed by atoms with Gasteiger partial charge in [-0.25, -0.2) is 4.39 Å². The molecule has 8 heteroatoms. The van der Waals surface area contributed by atoms with Crippen LogP contribution in [0.15, 0.2) is 18.2 Å². The first-order valence-corrected chi connectivity index (χ1v) is 7.72. The third-order valence-electron chi connectivity index (χ3n) is 2.33. The van der Waals surface area contributed by atoms with Gasteiger partial charge in [-0.3, -0.25) is 9.59 Å². The van der Waals surface area contributed by atoms with Crippen LogP contribution in [0.3, 0.4) is 0 Å². The Morgan fingerprint density at radius 3 is 2.86 bits per heavy atom. The van der Waals surface area contributed by atoms with E-state index in [1.54, 1.807) is 6.92 Å². The number of nitrogens with two attached hydrogens (primary N) is 1. The summed E-state index contributed by atoms with van der Waals surface area (Å²) in [7, 11) is 0. The molecule has 0 spiro atoms. The molecule has 1 rings (SSSR count). The van der Waals surface area contributed by atoms with E-state index in [1.165, 1.54) is 23.9 Å². The largest absolute Gasteiger partial charge is 0.465 e. The lowest BCUT2D eigenvalue weighted by Gasteiger charge is -2.10. The Labute approximate surface area is 131 Å². The topological polar surface area (TPSA) is 81.4 Å². The van der Waals surface area contributed by atoms with Gasteiger partial charge in [-0.15, -0.1) is 11.8 Å². The quantitative estimate of drug-likeness (QED) is 0.746. The molecule has 0 aliphatic heterocycles. The molecule has 5 nitrogen and oxygen atoms in total. The second-order valence-corrected chi connectivity index (χ2v) is 5.48. The maximum absolute atomic E-state index is 12.9. The highest BCUT2D eigenvalue weighted by atomic mass is 35.5. The fraction of sp³-hybridized carbons (Fsp3) is 0.385. The van der Waals surface area contributed by atoms with Crippen LogP contribution in [0.4, 0.5) is 10.1 Å². The van der Waals surface area contributed by atoms with Crippen molar-refractivity contribution in [2.24, 2.45) is 5.73 Å². The van der Waals surface area contributed by atoms with Crippen molar-refractivity contribution in [3.8, 4) is 0 Å². The first-order valence-electron chi connectivity index (χ1n) is 6.19. The number of amides is 1. The Morgan fingerprint density at radius 1 is 1.52 bits per heavy atom. The minimum atomic E-state index is -0.767. The zero-order valence-electron chi connectivity index (χ0n) is 11.4. The summed E-state index contributed by atoms with van der Waals surface area (Å²) in [5, 5.41) is 2.67. The van der Waals surface area contributed by atoms with Crippen molar-refractivity contribution in [2.75, 3.05) is 23.4 Å². The number of halogens is 2. The van der Waals surface area contributed by atoms with Crippen molar-refractivity contribution in [2.45, 2.75) is 13.0 Å². The van der Waals surface area contributed by atoms with Gasteiger partial charge < -0.3 is 15.8 Å². The van der Waals surface area contributed by atoms with Crippen molar-refractivity contribution >= 4 is 40.9 Å². The highest BCUT2D eigenvalue weighted by Crippen LogP contribution is 2.22. The Balaban J connectivity index is 2.36. The number of anilines is 1. The van der Waals surface area contributed by atoms with Crippen molar-refractivity contribution < 1.29 is 18.7 Å². The fourth-order valence-electron chi connectivity index (χ4n) is 1.37. The van der Waals surface area contributed by atoms with Crippen molar-refractivity contribution in [3.63, 3.8) is 0 Å². The predicted molar refractivity (Wildman–Crippen MR) is 82.0 cm³/mol. The van der Waals surface area contributed by atoms with Gasteiger partial charge in [0, 0.05) is 5.75 Å². The van der Waals surface area contributed by atoms with Crippen molar-refractivity contribution in [3.05, 3.63) is 29.0 Å². The minimum Gasteiger partial charge on any atom is -0.465 e. The molecule has 1 amide bonds. The van der Waals surface area contributed by atoms with E-state index < -0.39 is 17.8 Å². The number of benzene rings is 1. The summed E-state index contributed by atoms with van der Waals surface area (Å²) < 4.78 is 17.6.